The van der Waals surface area contributed by atoms with Gasteiger partial charge in [0.25, 0.3) is 0 Å². The number of amides is 1. The van der Waals surface area contributed by atoms with Crippen molar-refractivity contribution in [1.29, 1.82) is 0 Å². The van der Waals surface area contributed by atoms with E-state index in [2.05, 4.69) is 11.8 Å². The normalized spacial score (nSPS) is 22.3. The van der Waals surface area contributed by atoms with Crippen molar-refractivity contribution in [2.75, 3.05) is 39.3 Å². The Hall–Kier alpha value is -1.10. The average Bonchev–Trinajstić information content (AvgIpc) is 2.50. The molecule has 5 nitrogen and oxygen atoms in total. The molecule has 0 atom stereocenters. The summed E-state index contributed by atoms with van der Waals surface area (Å²) in [7, 11) is 0. The maximum Gasteiger partial charge on any atom is 0.309 e. The minimum Gasteiger partial charge on any atom is -0.466 e. The second-order valence-corrected chi connectivity index (χ2v) is 6.37. The SMILES string of the molecule is CCOC(=O)C1CCN(C(=O)CN2CCC(C)CC2)CC1. The molecule has 2 aliphatic heterocycles. The molecule has 0 radical (unpaired) electrons. The summed E-state index contributed by atoms with van der Waals surface area (Å²) < 4.78 is 5.06. The third-order valence-electron chi connectivity index (χ3n) is 4.70. The van der Waals surface area contributed by atoms with Crippen molar-refractivity contribution >= 4 is 11.9 Å². The van der Waals surface area contributed by atoms with E-state index < -0.39 is 0 Å². The monoisotopic (exact) mass is 296 g/mol. The van der Waals surface area contributed by atoms with Gasteiger partial charge < -0.3 is 9.64 Å². The Morgan fingerprint density at radius 3 is 2.24 bits per heavy atom. The lowest BCUT2D eigenvalue weighted by atomic mass is 9.96. The minimum atomic E-state index is -0.102. The summed E-state index contributed by atoms with van der Waals surface area (Å²) in [4.78, 5) is 28.2. The summed E-state index contributed by atoms with van der Waals surface area (Å²) in [6.45, 7) is 8.52. The fourth-order valence-electron chi connectivity index (χ4n) is 3.14. The first-order chi connectivity index (χ1) is 10.1. The van der Waals surface area contributed by atoms with Crippen LogP contribution in [0.15, 0.2) is 0 Å². The van der Waals surface area contributed by atoms with Crippen molar-refractivity contribution in [3.05, 3.63) is 0 Å². The van der Waals surface area contributed by atoms with Crippen LogP contribution in [0.1, 0.15) is 39.5 Å². The average molecular weight is 296 g/mol. The third-order valence-corrected chi connectivity index (χ3v) is 4.70. The van der Waals surface area contributed by atoms with Crippen LogP contribution < -0.4 is 0 Å². The molecule has 0 bridgehead atoms. The molecule has 120 valence electrons. The van der Waals surface area contributed by atoms with Crippen LogP contribution >= 0.6 is 0 Å². The number of hydrogen-bond acceptors (Lipinski definition) is 4. The summed E-state index contributed by atoms with van der Waals surface area (Å²) >= 11 is 0. The molecule has 0 N–H and O–H groups in total. The van der Waals surface area contributed by atoms with Gasteiger partial charge in [-0.25, -0.2) is 0 Å². The highest BCUT2D eigenvalue weighted by atomic mass is 16.5. The van der Waals surface area contributed by atoms with Gasteiger partial charge in [-0.1, -0.05) is 6.92 Å². The zero-order valence-corrected chi connectivity index (χ0v) is 13.3. The Balaban J connectivity index is 1.71. The molecule has 0 unspecified atom stereocenters. The molecule has 21 heavy (non-hydrogen) atoms. The quantitative estimate of drug-likeness (QED) is 0.738. The number of esters is 1. The Labute approximate surface area is 127 Å². The molecule has 5 heteroatoms. The Morgan fingerprint density at radius 1 is 1.05 bits per heavy atom. The first-order valence-electron chi connectivity index (χ1n) is 8.27. The van der Waals surface area contributed by atoms with E-state index in [9.17, 15) is 9.59 Å². The highest BCUT2D eigenvalue weighted by Gasteiger charge is 2.29. The molecule has 0 saturated carbocycles. The summed E-state index contributed by atoms with van der Waals surface area (Å²) in [5.41, 5.74) is 0. The number of carbonyl (C=O) groups excluding carboxylic acids is 2. The van der Waals surface area contributed by atoms with Crippen LogP contribution in [0.2, 0.25) is 0 Å². The van der Waals surface area contributed by atoms with E-state index in [-0.39, 0.29) is 17.8 Å². The Kier molecular flexibility index (Phi) is 6.03. The number of piperidine rings is 2. The molecule has 2 heterocycles. The summed E-state index contributed by atoms with van der Waals surface area (Å²) in [6, 6.07) is 0. The van der Waals surface area contributed by atoms with Crippen molar-refractivity contribution in [2.24, 2.45) is 11.8 Å². The number of nitrogens with zero attached hydrogens (tertiary/aromatic N) is 2. The van der Waals surface area contributed by atoms with Gasteiger partial charge in [0.05, 0.1) is 19.1 Å². The highest BCUT2D eigenvalue weighted by molar-refractivity contribution is 5.79. The molecule has 0 aromatic carbocycles. The van der Waals surface area contributed by atoms with Crippen LogP contribution in [0, 0.1) is 11.8 Å². The van der Waals surface area contributed by atoms with Gasteiger partial charge >= 0.3 is 5.97 Å². The maximum atomic E-state index is 12.3. The summed E-state index contributed by atoms with van der Waals surface area (Å²) in [5, 5.41) is 0. The van der Waals surface area contributed by atoms with Crippen molar-refractivity contribution < 1.29 is 14.3 Å². The van der Waals surface area contributed by atoms with E-state index in [0.29, 0.717) is 26.2 Å². The molecule has 2 fully saturated rings. The van der Waals surface area contributed by atoms with Gasteiger partial charge in [-0.3, -0.25) is 14.5 Å². The lowest BCUT2D eigenvalue weighted by Gasteiger charge is -2.34. The minimum absolute atomic E-state index is 0.0233. The van der Waals surface area contributed by atoms with E-state index in [0.717, 1.165) is 31.8 Å². The van der Waals surface area contributed by atoms with Gasteiger partial charge in [0.2, 0.25) is 5.91 Å². The molecule has 2 aliphatic rings. The second kappa shape index (κ2) is 7.78. The van der Waals surface area contributed by atoms with Crippen molar-refractivity contribution in [3.63, 3.8) is 0 Å². The molecule has 0 spiro atoms. The van der Waals surface area contributed by atoms with E-state index in [1.54, 1.807) is 0 Å². The van der Waals surface area contributed by atoms with Gasteiger partial charge in [0.1, 0.15) is 0 Å². The smallest absolute Gasteiger partial charge is 0.309 e. The van der Waals surface area contributed by atoms with E-state index in [4.69, 9.17) is 4.74 Å². The van der Waals surface area contributed by atoms with Gasteiger partial charge in [0.15, 0.2) is 0 Å². The van der Waals surface area contributed by atoms with Crippen molar-refractivity contribution in [1.82, 2.24) is 9.80 Å². The van der Waals surface area contributed by atoms with Crippen LogP contribution in [0.25, 0.3) is 0 Å². The van der Waals surface area contributed by atoms with E-state index in [1.165, 1.54) is 12.8 Å². The fraction of sp³-hybridized carbons (Fsp3) is 0.875. The topological polar surface area (TPSA) is 49.9 Å². The van der Waals surface area contributed by atoms with Gasteiger partial charge in [-0.15, -0.1) is 0 Å². The van der Waals surface area contributed by atoms with E-state index >= 15 is 0 Å². The summed E-state index contributed by atoms with van der Waals surface area (Å²) in [6.07, 6.45) is 3.86. The van der Waals surface area contributed by atoms with Crippen LogP contribution in [0.4, 0.5) is 0 Å². The Morgan fingerprint density at radius 2 is 1.67 bits per heavy atom. The van der Waals surface area contributed by atoms with Crippen LogP contribution in [0.3, 0.4) is 0 Å². The lowest BCUT2D eigenvalue weighted by molar-refractivity contribution is -0.151. The molecule has 0 aliphatic carbocycles. The van der Waals surface area contributed by atoms with Crippen molar-refractivity contribution in [2.45, 2.75) is 39.5 Å². The van der Waals surface area contributed by atoms with Crippen LogP contribution in [0.5, 0.6) is 0 Å². The number of hydrogen-bond donors (Lipinski definition) is 0. The fourth-order valence-corrected chi connectivity index (χ4v) is 3.14. The molecular formula is C16H28N2O3. The first-order valence-corrected chi connectivity index (χ1v) is 8.27. The number of carbonyl (C=O) groups is 2. The number of likely N-dealkylation sites (tertiary alicyclic amines) is 2. The van der Waals surface area contributed by atoms with Gasteiger partial charge in [0, 0.05) is 13.1 Å². The predicted octanol–water partition coefficient (Wildman–Crippen LogP) is 1.52. The van der Waals surface area contributed by atoms with Crippen LogP contribution in [-0.2, 0) is 14.3 Å². The van der Waals surface area contributed by atoms with Gasteiger partial charge in [-0.2, -0.15) is 0 Å². The zero-order chi connectivity index (χ0) is 15.2. The largest absolute Gasteiger partial charge is 0.466 e. The first kappa shape index (κ1) is 16.3. The molecule has 1 amide bonds. The predicted molar refractivity (Wildman–Crippen MR) is 80.8 cm³/mol. The standard InChI is InChI=1S/C16H28N2O3/c1-3-21-16(20)14-6-10-18(11-7-14)15(19)12-17-8-4-13(2)5-9-17/h13-14H,3-12H2,1-2H3. The van der Waals surface area contributed by atoms with Crippen LogP contribution in [-0.4, -0.2) is 61.0 Å². The Bertz CT molecular complexity index is 357. The molecular weight excluding hydrogens is 268 g/mol. The molecule has 2 rings (SSSR count). The highest BCUT2D eigenvalue weighted by Crippen LogP contribution is 2.20. The van der Waals surface area contributed by atoms with Gasteiger partial charge in [-0.05, 0) is 51.6 Å². The van der Waals surface area contributed by atoms with Crippen molar-refractivity contribution in [3.8, 4) is 0 Å². The second-order valence-electron chi connectivity index (χ2n) is 6.37. The number of rotatable bonds is 4. The molecule has 0 aromatic heterocycles. The van der Waals surface area contributed by atoms with E-state index in [1.807, 2.05) is 11.8 Å². The molecule has 0 aromatic rings. The maximum absolute atomic E-state index is 12.3. The lowest BCUT2D eigenvalue weighted by Crippen LogP contribution is -2.46. The zero-order valence-electron chi connectivity index (χ0n) is 13.3. The third kappa shape index (κ3) is 4.70. The molecule has 2 saturated heterocycles. The summed E-state index contributed by atoms with van der Waals surface area (Å²) in [5.74, 6) is 0.878. The number of ether oxygens (including phenoxy) is 1.